The molecule has 1 N–H and O–H groups in total. The number of fused-ring (bicyclic) bond motifs is 2. The van der Waals surface area contributed by atoms with Gasteiger partial charge >= 0.3 is 5.97 Å². The lowest BCUT2D eigenvalue weighted by atomic mass is 10.1. The van der Waals surface area contributed by atoms with E-state index in [9.17, 15) is 9.59 Å². The maximum absolute atomic E-state index is 12.5. The second-order valence-electron chi connectivity index (χ2n) is 6.15. The molecule has 2 bridgehead atoms. The zero-order valence-corrected chi connectivity index (χ0v) is 11.8. The fourth-order valence-corrected chi connectivity index (χ4v) is 3.71. The summed E-state index contributed by atoms with van der Waals surface area (Å²) in [6.45, 7) is 1.52. The molecule has 0 aromatic rings. The number of nitrogens with zero attached hydrogens (tertiary/aromatic N) is 2. The summed E-state index contributed by atoms with van der Waals surface area (Å²) < 4.78 is 5.38. The molecule has 3 aliphatic heterocycles. The molecule has 1 amide bonds. The molecule has 0 spiro atoms. The Balaban J connectivity index is 1.62. The SMILES string of the molecule is CN1C2CCC1CN(C(=O)C1CCC(C(=O)O)O1)CC2. The Labute approximate surface area is 118 Å². The third kappa shape index (κ3) is 2.42. The first kappa shape index (κ1) is 13.8. The molecule has 0 aromatic heterocycles. The Hall–Kier alpha value is -1.14. The van der Waals surface area contributed by atoms with Gasteiger partial charge in [0.1, 0.15) is 6.10 Å². The molecule has 3 fully saturated rings. The van der Waals surface area contributed by atoms with Gasteiger partial charge in [-0.1, -0.05) is 0 Å². The largest absolute Gasteiger partial charge is 0.479 e. The second kappa shape index (κ2) is 5.33. The topological polar surface area (TPSA) is 70.1 Å². The van der Waals surface area contributed by atoms with Gasteiger partial charge in [0.15, 0.2) is 6.10 Å². The molecular weight excluding hydrogens is 260 g/mol. The van der Waals surface area contributed by atoms with Gasteiger partial charge in [-0.15, -0.1) is 0 Å². The highest BCUT2D eigenvalue weighted by atomic mass is 16.5. The van der Waals surface area contributed by atoms with Crippen molar-refractivity contribution in [3.05, 3.63) is 0 Å². The molecular formula is C14H22N2O4. The van der Waals surface area contributed by atoms with E-state index in [1.807, 2.05) is 4.90 Å². The van der Waals surface area contributed by atoms with Crippen LogP contribution in [0.5, 0.6) is 0 Å². The number of aliphatic carboxylic acids is 1. The first-order valence-corrected chi connectivity index (χ1v) is 7.45. The van der Waals surface area contributed by atoms with E-state index in [2.05, 4.69) is 11.9 Å². The van der Waals surface area contributed by atoms with Crippen LogP contribution in [0.25, 0.3) is 0 Å². The minimum atomic E-state index is -0.963. The third-order valence-electron chi connectivity index (χ3n) is 5.03. The van der Waals surface area contributed by atoms with E-state index in [0.717, 1.165) is 25.9 Å². The van der Waals surface area contributed by atoms with Gasteiger partial charge in [0.05, 0.1) is 0 Å². The summed E-state index contributed by atoms with van der Waals surface area (Å²) in [7, 11) is 2.14. The molecule has 3 aliphatic rings. The van der Waals surface area contributed by atoms with Crippen LogP contribution in [0.4, 0.5) is 0 Å². The monoisotopic (exact) mass is 282 g/mol. The van der Waals surface area contributed by atoms with E-state index < -0.39 is 18.2 Å². The quantitative estimate of drug-likeness (QED) is 0.789. The van der Waals surface area contributed by atoms with Crippen LogP contribution in [-0.4, -0.2) is 71.2 Å². The molecule has 4 unspecified atom stereocenters. The average molecular weight is 282 g/mol. The first-order valence-electron chi connectivity index (χ1n) is 7.45. The molecule has 112 valence electrons. The van der Waals surface area contributed by atoms with Gasteiger partial charge in [0.25, 0.3) is 5.91 Å². The molecule has 3 saturated heterocycles. The van der Waals surface area contributed by atoms with E-state index in [0.29, 0.717) is 24.9 Å². The van der Waals surface area contributed by atoms with Gasteiger partial charge in [0.2, 0.25) is 0 Å². The smallest absolute Gasteiger partial charge is 0.332 e. The van der Waals surface area contributed by atoms with Crippen molar-refractivity contribution in [1.29, 1.82) is 0 Å². The van der Waals surface area contributed by atoms with Crippen molar-refractivity contribution >= 4 is 11.9 Å². The number of rotatable bonds is 2. The Morgan fingerprint density at radius 2 is 1.75 bits per heavy atom. The molecule has 0 aliphatic carbocycles. The second-order valence-corrected chi connectivity index (χ2v) is 6.15. The van der Waals surface area contributed by atoms with E-state index in [1.165, 1.54) is 6.42 Å². The van der Waals surface area contributed by atoms with E-state index >= 15 is 0 Å². The highest BCUT2D eigenvalue weighted by molar-refractivity contribution is 5.82. The lowest BCUT2D eigenvalue weighted by Gasteiger charge is -2.27. The highest BCUT2D eigenvalue weighted by Crippen LogP contribution is 2.30. The number of hydrogen-bond donors (Lipinski definition) is 1. The normalized spacial score (nSPS) is 38.0. The maximum Gasteiger partial charge on any atom is 0.332 e. The predicted molar refractivity (Wildman–Crippen MR) is 71.3 cm³/mol. The maximum atomic E-state index is 12.5. The molecule has 0 saturated carbocycles. The number of hydrogen-bond acceptors (Lipinski definition) is 4. The summed E-state index contributed by atoms with van der Waals surface area (Å²) in [5, 5.41) is 8.93. The van der Waals surface area contributed by atoms with Crippen LogP contribution in [-0.2, 0) is 14.3 Å². The van der Waals surface area contributed by atoms with Gasteiger partial charge in [0, 0.05) is 25.2 Å². The predicted octanol–water partition coefficient (Wildman–Crippen LogP) is 0.314. The lowest BCUT2D eigenvalue weighted by Crippen LogP contribution is -2.44. The average Bonchev–Trinajstić information content (AvgIpc) is 2.95. The van der Waals surface area contributed by atoms with Crippen molar-refractivity contribution in [3.8, 4) is 0 Å². The highest BCUT2D eigenvalue weighted by Gasteiger charge is 2.40. The van der Waals surface area contributed by atoms with Crippen LogP contribution in [0.1, 0.15) is 32.1 Å². The molecule has 0 aromatic carbocycles. The molecule has 3 rings (SSSR count). The molecule has 3 heterocycles. The van der Waals surface area contributed by atoms with Crippen molar-refractivity contribution in [2.75, 3.05) is 20.1 Å². The summed E-state index contributed by atoms with van der Waals surface area (Å²) in [5.41, 5.74) is 0. The van der Waals surface area contributed by atoms with Gasteiger partial charge in [-0.05, 0) is 39.2 Å². The number of carbonyl (C=O) groups is 2. The summed E-state index contributed by atoms with van der Waals surface area (Å²) in [6, 6.07) is 1.04. The Kier molecular flexibility index (Phi) is 3.69. The van der Waals surface area contributed by atoms with Crippen LogP contribution in [0.3, 0.4) is 0 Å². The standard InChI is InChI=1S/C14H22N2O4/c1-15-9-2-3-10(15)8-16(7-6-9)13(17)11-4-5-12(20-11)14(18)19/h9-12H,2-8H2,1H3,(H,18,19). The van der Waals surface area contributed by atoms with Gasteiger partial charge < -0.3 is 14.7 Å². The van der Waals surface area contributed by atoms with Gasteiger partial charge in [-0.25, -0.2) is 4.79 Å². The zero-order chi connectivity index (χ0) is 14.3. The van der Waals surface area contributed by atoms with Crippen molar-refractivity contribution in [2.45, 2.75) is 56.4 Å². The van der Waals surface area contributed by atoms with Crippen LogP contribution >= 0.6 is 0 Å². The number of likely N-dealkylation sites (N-methyl/N-ethyl adjacent to an activating group) is 1. The number of ether oxygens (including phenoxy) is 1. The minimum absolute atomic E-state index is 0.0188. The number of carboxylic acid groups (broad SMARTS) is 1. The van der Waals surface area contributed by atoms with Gasteiger partial charge in [-0.2, -0.15) is 0 Å². The summed E-state index contributed by atoms with van der Waals surface area (Å²) in [6.07, 6.45) is 2.97. The first-order chi connectivity index (χ1) is 9.56. The van der Waals surface area contributed by atoms with Crippen LogP contribution in [0.2, 0.25) is 0 Å². The van der Waals surface area contributed by atoms with Crippen LogP contribution in [0, 0.1) is 0 Å². The van der Waals surface area contributed by atoms with E-state index in [-0.39, 0.29) is 5.91 Å². The minimum Gasteiger partial charge on any atom is -0.479 e. The fraction of sp³-hybridized carbons (Fsp3) is 0.857. The van der Waals surface area contributed by atoms with Crippen molar-refractivity contribution in [2.24, 2.45) is 0 Å². The number of amides is 1. The molecule has 4 atom stereocenters. The van der Waals surface area contributed by atoms with Crippen molar-refractivity contribution < 1.29 is 19.4 Å². The summed E-state index contributed by atoms with van der Waals surface area (Å²) in [4.78, 5) is 27.7. The van der Waals surface area contributed by atoms with E-state index in [4.69, 9.17) is 9.84 Å². The van der Waals surface area contributed by atoms with Crippen LogP contribution in [0.15, 0.2) is 0 Å². The van der Waals surface area contributed by atoms with Crippen molar-refractivity contribution in [3.63, 3.8) is 0 Å². The van der Waals surface area contributed by atoms with Gasteiger partial charge in [-0.3, -0.25) is 9.69 Å². The lowest BCUT2D eigenvalue weighted by molar-refractivity contribution is -0.154. The number of likely N-dealkylation sites (tertiary alicyclic amines) is 1. The summed E-state index contributed by atoms with van der Waals surface area (Å²) >= 11 is 0. The van der Waals surface area contributed by atoms with Crippen LogP contribution < -0.4 is 0 Å². The third-order valence-corrected chi connectivity index (χ3v) is 5.03. The Morgan fingerprint density at radius 3 is 2.45 bits per heavy atom. The summed E-state index contributed by atoms with van der Waals surface area (Å²) in [5.74, 6) is -0.982. The number of carbonyl (C=O) groups excluding carboxylic acids is 1. The van der Waals surface area contributed by atoms with E-state index in [1.54, 1.807) is 0 Å². The molecule has 0 radical (unpaired) electrons. The molecule has 6 heteroatoms. The number of carboxylic acids is 1. The molecule has 6 nitrogen and oxygen atoms in total. The molecule has 20 heavy (non-hydrogen) atoms. The van der Waals surface area contributed by atoms with Crippen molar-refractivity contribution in [1.82, 2.24) is 9.80 Å². The zero-order valence-electron chi connectivity index (χ0n) is 11.8. The Morgan fingerprint density at radius 1 is 1.05 bits per heavy atom. The Bertz CT molecular complexity index is 414. The fourth-order valence-electron chi connectivity index (χ4n) is 3.71.